The highest BCUT2D eigenvalue weighted by Gasteiger charge is 2.10. The molecule has 19 heavy (non-hydrogen) atoms. The van der Waals surface area contributed by atoms with Crippen molar-refractivity contribution in [3.8, 4) is 11.6 Å². The lowest BCUT2D eigenvalue weighted by molar-refractivity contribution is 0.382. The van der Waals surface area contributed by atoms with Crippen molar-refractivity contribution in [3.63, 3.8) is 0 Å². The molecule has 0 saturated carbocycles. The number of aromatic nitrogens is 2. The fourth-order valence-corrected chi connectivity index (χ4v) is 1.58. The molecule has 1 N–H and O–H groups in total. The van der Waals surface area contributed by atoms with Crippen LogP contribution in [0.4, 0.5) is 10.1 Å². The molecule has 5 nitrogen and oxygen atoms in total. The number of nitrogens with zero attached hydrogens (tertiary/aromatic N) is 2. The second-order valence-electron chi connectivity index (χ2n) is 3.85. The van der Waals surface area contributed by atoms with Gasteiger partial charge in [-0.3, -0.25) is 0 Å². The third-order valence-electron chi connectivity index (χ3n) is 2.50. The van der Waals surface area contributed by atoms with Gasteiger partial charge in [0.1, 0.15) is 5.82 Å². The van der Waals surface area contributed by atoms with Crippen LogP contribution in [0, 0.1) is 5.82 Å². The Kier molecular flexibility index (Phi) is 2.97. The molecule has 0 amide bonds. The first-order valence-corrected chi connectivity index (χ1v) is 5.67. The maximum atomic E-state index is 12.7. The summed E-state index contributed by atoms with van der Waals surface area (Å²) in [5.74, 6) is 1.11. The summed E-state index contributed by atoms with van der Waals surface area (Å²) >= 11 is 0. The van der Waals surface area contributed by atoms with Crippen LogP contribution in [0.2, 0.25) is 0 Å². The molecule has 0 aliphatic carbocycles. The second-order valence-corrected chi connectivity index (χ2v) is 3.85. The van der Waals surface area contributed by atoms with Crippen molar-refractivity contribution in [1.29, 1.82) is 0 Å². The van der Waals surface area contributed by atoms with E-state index in [4.69, 9.17) is 8.94 Å². The Morgan fingerprint density at radius 1 is 1.16 bits per heavy atom. The maximum Gasteiger partial charge on any atom is 0.246 e. The molecule has 96 valence electrons. The Morgan fingerprint density at radius 2 is 2.00 bits per heavy atom. The highest BCUT2D eigenvalue weighted by atomic mass is 19.1. The van der Waals surface area contributed by atoms with E-state index < -0.39 is 0 Å². The van der Waals surface area contributed by atoms with E-state index in [1.807, 2.05) is 0 Å². The fraction of sp³-hybridized carbons (Fsp3) is 0.0769. The van der Waals surface area contributed by atoms with Gasteiger partial charge in [-0.05, 0) is 36.4 Å². The van der Waals surface area contributed by atoms with Gasteiger partial charge in [0.05, 0.1) is 12.8 Å². The van der Waals surface area contributed by atoms with E-state index >= 15 is 0 Å². The molecule has 2 aromatic heterocycles. The Labute approximate surface area is 108 Å². The predicted octanol–water partition coefficient (Wildman–Crippen LogP) is 3.08. The molecule has 0 atom stereocenters. The lowest BCUT2D eigenvalue weighted by atomic mass is 10.3. The second kappa shape index (κ2) is 4.93. The van der Waals surface area contributed by atoms with Crippen LogP contribution < -0.4 is 5.32 Å². The van der Waals surface area contributed by atoms with Crippen molar-refractivity contribution >= 4 is 5.69 Å². The number of benzene rings is 1. The van der Waals surface area contributed by atoms with E-state index in [-0.39, 0.29) is 5.82 Å². The molecule has 2 heterocycles. The molecular formula is C13H10FN3O2. The molecule has 3 rings (SSSR count). The number of halogens is 1. The number of nitrogens with one attached hydrogen (secondary N) is 1. The molecule has 0 bridgehead atoms. The molecule has 3 aromatic rings. The van der Waals surface area contributed by atoms with Crippen molar-refractivity contribution in [2.75, 3.05) is 5.32 Å². The summed E-state index contributed by atoms with van der Waals surface area (Å²) in [4.78, 5) is 4.18. The van der Waals surface area contributed by atoms with E-state index in [2.05, 4.69) is 15.5 Å². The first-order chi connectivity index (χ1) is 9.31. The molecule has 0 fully saturated rings. The molecule has 0 saturated heterocycles. The van der Waals surface area contributed by atoms with Gasteiger partial charge in [-0.1, -0.05) is 5.16 Å². The van der Waals surface area contributed by atoms with E-state index in [0.29, 0.717) is 24.0 Å². The van der Waals surface area contributed by atoms with E-state index in [9.17, 15) is 4.39 Å². The summed E-state index contributed by atoms with van der Waals surface area (Å²) in [6, 6.07) is 9.54. The van der Waals surface area contributed by atoms with Gasteiger partial charge >= 0.3 is 0 Å². The van der Waals surface area contributed by atoms with Crippen molar-refractivity contribution in [2.24, 2.45) is 0 Å². The molecule has 0 aliphatic heterocycles. The lowest BCUT2D eigenvalue weighted by Crippen LogP contribution is -1.99. The van der Waals surface area contributed by atoms with Gasteiger partial charge in [-0.15, -0.1) is 0 Å². The van der Waals surface area contributed by atoms with Crippen LogP contribution in [-0.2, 0) is 6.54 Å². The molecular weight excluding hydrogens is 249 g/mol. The van der Waals surface area contributed by atoms with Crippen LogP contribution in [0.5, 0.6) is 0 Å². The quantitative estimate of drug-likeness (QED) is 0.780. The molecule has 0 spiro atoms. The molecule has 1 aromatic carbocycles. The fourth-order valence-electron chi connectivity index (χ4n) is 1.58. The van der Waals surface area contributed by atoms with Gasteiger partial charge in [0.2, 0.25) is 11.7 Å². The summed E-state index contributed by atoms with van der Waals surface area (Å²) in [5.41, 5.74) is 0.777. The van der Waals surface area contributed by atoms with Crippen LogP contribution >= 0.6 is 0 Å². The minimum Gasteiger partial charge on any atom is -0.461 e. The van der Waals surface area contributed by atoms with Gasteiger partial charge in [0, 0.05) is 5.69 Å². The van der Waals surface area contributed by atoms with Crippen molar-refractivity contribution < 1.29 is 13.3 Å². The largest absolute Gasteiger partial charge is 0.461 e. The summed E-state index contributed by atoms with van der Waals surface area (Å²) in [6.07, 6.45) is 1.54. The number of anilines is 1. The molecule has 0 aliphatic rings. The maximum absolute atomic E-state index is 12.7. The van der Waals surface area contributed by atoms with E-state index in [0.717, 1.165) is 5.69 Å². The zero-order chi connectivity index (χ0) is 13.1. The summed E-state index contributed by atoms with van der Waals surface area (Å²) in [6.45, 7) is 0.360. The third-order valence-corrected chi connectivity index (χ3v) is 2.50. The zero-order valence-corrected chi connectivity index (χ0v) is 9.84. The Balaban J connectivity index is 1.66. The van der Waals surface area contributed by atoms with Crippen molar-refractivity contribution in [1.82, 2.24) is 10.1 Å². The smallest absolute Gasteiger partial charge is 0.246 e. The van der Waals surface area contributed by atoms with Crippen LogP contribution in [0.3, 0.4) is 0 Å². The Morgan fingerprint density at radius 3 is 2.74 bits per heavy atom. The Hall–Kier alpha value is -2.63. The van der Waals surface area contributed by atoms with Crippen molar-refractivity contribution in [2.45, 2.75) is 6.54 Å². The standard InChI is InChI=1S/C13H10FN3O2/c14-9-3-5-10(6-4-9)15-8-12-16-13(17-19-12)11-2-1-7-18-11/h1-7,15H,8H2. The zero-order valence-electron chi connectivity index (χ0n) is 9.84. The van der Waals surface area contributed by atoms with Crippen LogP contribution in [0.25, 0.3) is 11.6 Å². The van der Waals surface area contributed by atoms with Gasteiger partial charge in [0.25, 0.3) is 0 Å². The normalized spacial score (nSPS) is 10.6. The van der Waals surface area contributed by atoms with E-state index in [1.165, 1.54) is 12.1 Å². The number of furan rings is 1. The van der Waals surface area contributed by atoms with Gasteiger partial charge in [-0.2, -0.15) is 4.98 Å². The molecule has 0 radical (unpaired) electrons. The topological polar surface area (TPSA) is 64.1 Å². The summed E-state index contributed by atoms with van der Waals surface area (Å²) in [7, 11) is 0. The summed E-state index contributed by atoms with van der Waals surface area (Å²) < 4.78 is 23.0. The van der Waals surface area contributed by atoms with Crippen LogP contribution in [0.1, 0.15) is 5.89 Å². The van der Waals surface area contributed by atoms with Gasteiger partial charge in [-0.25, -0.2) is 4.39 Å². The number of rotatable bonds is 4. The van der Waals surface area contributed by atoms with Crippen LogP contribution in [-0.4, -0.2) is 10.1 Å². The minimum absolute atomic E-state index is 0.275. The first-order valence-electron chi connectivity index (χ1n) is 5.67. The average Bonchev–Trinajstić information content (AvgIpc) is 3.09. The number of hydrogen-bond donors (Lipinski definition) is 1. The van der Waals surface area contributed by atoms with Crippen molar-refractivity contribution in [3.05, 3.63) is 54.4 Å². The Bertz CT molecular complexity index is 647. The van der Waals surface area contributed by atoms with Gasteiger partial charge < -0.3 is 14.3 Å². The average molecular weight is 259 g/mol. The summed E-state index contributed by atoms with van der Waals surface area (Å²) in [5, 5.41) is 6.86. The lowest BCUT2D eigenvalue weighted by Gasteiger charge is -2.01. The number of hydrogen-bond acceptors (Lipinski definition) is 5. The predicted molar refractivity (Wildman–Crippen MR) is 65.7 cm³/mol. The van der Waals surface area contributed by atoms with Gasteiger partial charge in [0.15, 0.2) is 5.76 Å². The highest BCUT2D eigenvalue weighted by Crippen LogP contribution is 2.16. The first kappa shape index (κ1) is 11.5. The highest BCUT2D eigenvalue weighted by molar-refractivity contribution is 5.45. The van der Waals surface area contributed by atoms with E-state index in [1.54, 1.807) is 30.5 Å². The monoisotopic (exact) mass is 259 g/mol. The molecule has 0 unspecified atom stereocenters. The molecule has 6 heteroatoms. The SMILES string of the molecule is Fc1ccc(NCc2nc(-c3ccco3)no2)cc1. The third kappa shape index (κ3) is 2.62. The minimum atomic E-state index is -0.275. The van der Waals surface area contributed by atoms with Crippen LogP contribution in [0.15, 0.2) is 51.6 Å².